The number of nitrogens with two attached hydrogens (primary N) is 1. The third-order valence-electron chi connectivity index (χ3n) is 3.82. The Labute approximate surface area is 131 Å². The molecule has 0 saturated carbocycles. The largest absolute Gasteiger partial charge is 0.381 e. The Morgan fingerprint density at radius 2 is 2.38 bits per heavy atom. The molecule has 0 aliphatic carbocycles. The van der Waals surface area contributed by atoms with Crippen molar-refractivity contribution < 1.29 is 4.74 Å². The molecule has 1 aliphatic rings. The summed E-state index contributed by atoms with van der Waals surface area (Å²) in [5, 5.41) is 9.30. The fourth-order valence-corrected chi connectivity index (χ4v) is 2.98. The highest BCUT2D eigenvalue weighted by atomic mass is 79.9. The van der Waals surface area contributed by atoms with E-state index in [1.807, 2.05) is 16.7 Å². The van der Waals surface area contributed by atoms with Crippen LogP contribution in [0.25, 0.3) is 5.69 Å². The Morgan fingerprint density at radius 3 is 3.10 bits per heavy atom. The van der Waals surface area contributed by atoms with Crippen LogP contribution in [0.4, 0.5) is 0 Å². The van der Waals surface area contributed by atoms with Crippen molar-refractivity contribution in [2.45, 2.75) is 12.5 Å². The summed E-state index contributed by atoms with van der Waals surface area (Å²) in [5.41, 5.74) is 8.66. The highest BCUT2D eigenvalue weighted by Gasteiger charge is 2.27. The first-order chi connectivity index (χ1) is 10.2. The molecular weight excluding hydrogens is 332 g/mol. The van der Waals surface area contributed by atoms with Gasteiger partial charge in [0.05, 0.1) is 42.1 Å². The van der Waals surface area contributed by atoms with Gasteiger partial charge in [0.1, 0.15) is 6.07 Å². The lowest BCUT2D eigenvalue weighted by atomic mass is 9.97. The third kappa shape index (κ3) is 2.72. The van der Waals surface area contributed by atoms with Crippen LogP contribution in [0.2, 0.25) is 0 Å². The fraction of sp³-hybridized carbons (Fsp3) is 0.333. The van der Waals surface area contributed by atoms with E-state index in [1.54, 1.807) is 18.6 Å². The standard InChI is InChI=1S/C15H15BrN4O/c16-12-2-1-10(6-17)13(5-12)20-9-19-7-14(20)15(18)11-3-4-21-8-11/h1-2,5,7,9,11,15H,3-4,8,18H2. The zero-order valence-electron chi connectivity index (χ0n) is 11.4. The number of nitriles is 1. The van der Waals surface area contributed by atoms with Gasteiger partial charge in [-0.2, -0.15) is 5.26 Å². The second-order valence-corrected chi connectivity index (χ2v) is 6.03. The highest BCUT2D eigenvalue weighted by molar-refractivity contribution is 9.10. The number of ether oxygens (including phenoxy) is 1. The number of hydrogen-bond donors (Lipinski definition) is 1. The van der Waals surface area contributed by atoms with E-state index in [2.05, 4.69) is 27.0 Å². The lowest BCUT2D eigenvalue weighted by Gasteiger charge is -2.20. The van der Waals surface area contributed by atoms with Crippen LogP contribution in [-0.2, 0) is 4.74 Å². The Bertz CT molecular complexity index is 685. The van der Waals surface area contributed by atoms with Crippen molar-refractivity contribution in [2.24, 2.45) is 11.7 Å². The zero-order chi connectivity index (χ0) is 14.8. The van der Waals surface area contributed by atoms with Crippen LogP contribution < -0.4 is 5.73 Å². The molecule has 6 heteroatoms. The molecule has 21 heavy (non-hydrogen) atoms. The molecule has 0 radical (unpaired) electrons. The molecule has 2 aromatic rings. The maximum Gasteiger partial charge on any atom is 0.101 e. The zero-order valence-corrected chi connectivity index (χ0v) is 13.0. The fourth-order valence-electron chi connectivity index (χ4n) is 2.63. The molecule has 5 nitrogen and oxygen atoms in total. The topological polar surface area (TPSA) is 76.9 Å². The SMILES string of the molecule is N#Cc1ccc(Br)cc1-n1cncc1C(N)C1CCOC1. The Morgan fingerprint density at radius 1 is 1.52 bits per heavy atom. The van der Waals surface area contributed by atoms with Crippen LogP contribution in [0, 0.1) is 17.2 Å². The second-order valence-electron chi connectivity index (χ2n) is 5.11. The van der Waals surface area contributed by atoms with Crippen molar-refractivity contribution in [3.05, 3.63) is 46.5 Å². The lowest BCUT2D eigenvalue weighted by molar-refractivity contribution is 0.180. The maximum absolute atomic E-state index is 9.30. The number of benzene rings is 1. The van der Waals surface area contributed by atoms with Crippen LogP contribution in [-0.4, -0.2) is 22.8 Å². The smallest absolute Gasteiger partial charge is 0.101 e. The van der Waals surface area contributed by atoms with E-state index in [9.17, 15) is 5.26 Å². The molecule has 1 fully saturated rings. The summed E-state index contributed by atoms with van der Waals surface area (Å²) >= 11 is 3.44. The van der Waals surface area contributed by atoms with Gasteiger partial charge in [0.2, 0.25) is 0 Å². The van der Waals surface area contributed by atoms with E-state index < -0.39 is 0 Å². The maximum atomic E-state index is 9.30. The van der Waals surface area contributed by atoms with Gasteiger partial charge in [-0.1, -0.05) is 15.9 Å². The summed E-state index contributed by atoms with van der Waals surface area (Å²) in [7, 11) is 0. The van der Waals surface area contributed by atoms with Crippen molar-refractivity contribution >= 4 is 15.9 Å². The summed E-state index contributed by atoms with van der Waals surface area (Å²) in [4.78, 5) is 4.21. The second kappa shape index (κ2) is 5.98. The minimum Gasteiger partial charge on any atom is -0.381 e. The molecule has 2 atom stereocenters. The van der Waals surface area contributed by atoms with Gasteiger partial charge < -0.3 is 15.0 Å². The number of nitrogens with zero attached hydrogens (tertiary/aromatic N) is 3. The molecule has 1 aliphatic heterocycles. The highest BCUT2D eigenvalue weighted by Crippen LogP contribution is 2.29. The normalized spacial score (nSPS) is 19.4. The number of halogens is 1. The van der Waals surface area contributed by atoms with E-state index in [0.717, 1.165) is 28.9 Å². The number of hydrogen-bond acceptors (Lipinski definition) is 4. The molecule has 0 amide bonds. The average molecular weight is 347 g/mol. The summed E-state index contributed by atoms with van der Waals surface area (Å²) < 4.78 is 8.22. The van der Waals surface area contributed by atoms with Gasteiger partial charge in [-0.3, -0.25) is 0 Å². The van der Waals surface area contributed by atoms with Gasteiger partial charge in [0.25, 0.3) is 0 Å². The van der Waals surface area contributed by atoms with E-state index >= 15 is 0 Å². The predicted octanol–water partition coefficient (Wildman–Crippen LogP) is 2.54. The predicted molar refractivity (Wildman–Crippen MR) is 81.8 cm³/mol. The third-order valence-corrected chi connectivity index (χ3v) is 4.31. The number of aromatic nitrogens is 2. The van der Waals surface area contributed by atoms with Crippen molar-refractivity contribution in [3.8, 4) is 11.8 Å². The monoisotopic (exact) mass is 346 g/mol. The molecule has 0 spiro atoms. The molecular formula is C15H15BrN4O. The first-order valence-electron chi connectivity index (χ1n) is 6.76. The van der Waals surface area contributed by atoms with Gasteiger partial charge in [-0.25, -0.2) is 4.98 Å². The summed E-state index contributed by atoms with van der Waals surface area (Å²) in [6, 6.07) is 7.60. The number of rotatable bonds is 3. The molecule has 1 saturated heterocycles. The van der Waals surface area contributed by atoms with Crippen molar-refractivity contribution in [2.75, 3.05) is 13.2 Å². The van der Waals surface area contributed by atoms with Gasteiger partial charge >= 0.3 is 0 Å². The Hall–Kier alpha value is -1.68. The lowest BCUT2D eigenvalue weighted by Crippen LogP contribution is -2.24. The van der Waals surface area contributed by atoms with Gasteiger partial charge in [0.15, 0.2) is 0 Å². The van der Waals surface area contributed by atoms with E-state index in [0.29, 0.717) is 12.2 Å². The van der Waals surface area contributed by atoms with Gasteiger partial charge in [-0.15, -0.1) is 0 Å². The Balaban J connectivity index is 2.03. The molecule has 2 N–H and O–H groups in total. The molecule has 108 valence electrons. The molecule has 1 aromatic carbocycles. The Kier molecular flexibility index (Phi) is 4.06. The van der Waals surface area contributed by atoms with Crippen LogP contribution in [0.5, 0.6) is 0 Å². The summed E-state index contributed by atoms with van der Waals surface area (Å²) in [5.74, 6) is 0.290. The minimum absolute atomic E-state index is 0.152. The van der Waals surface area contributed by atoms with Crippen molar-refractivity contribution in [1.82, 2.24) is 9.55 Å². The van der Waals surface area contributed by atoms with E-state index in [-0.39, 0.29) is 12.0 Å². The van der Waals surface area contributed by atoms with Crippen LogP contribution >= 0.6 is 15.9 Å². The summed E-state index contributed by atoms with van der Waals surface area (Å²) in [6.45, 7) is 1.43. The number of imidazole rings is 1. The minimum atomic E-state index is -0.152. The molecule has 3 rings (SSSR count). The van der Waals surface area contributed by atoms with Gasteiger partial charge in [-0.05, 0) is 24.6 Å². The quantitative estimate of drug-likeness (QED) is 0.926. The van der Waals surface area contributed by atoms with Gasteiger partial charge in [0, 0.05) is 17.0 Å². The first kappa shape index (κ1) is 14.3. The molecule has 2 unspecified atom stereocenters. The van der Waals surface area contributed by atoms with Crippen LogP contribution in [0.3, 0.4) is 0 Å². The van der Waals surface area contributed by atoms with E-state index in [1.165, 1.54) is 0 Å². The summed E-state index contributed by atoms with van der Waals surface area (Å²) in [6.07, 6.45) is 4.43. The van der Waals surface area contributed by atoms with Crippen molar-refractivity contribution in [1.29, 1.82) is 5.26 Å². The van der Waals surface area contributed by atoms with Crippen LogP contribution in [0.1, 0.15) is 23.7 Å². The first-order valence-corrected chi connectivity index (χ1v) is 7.55. The van der Waals surface area contributed by atoms with Crippen LogP contribution in [0.15, 0.2) is 35.2 Å². The van der Waals surface area contributed by atoms with E-state index in [4.69, 9.17) is 10.5 Å². The molecule has 1 aromatic heterocycles. The molecule has 0 bridgehead atoms. The average Bonchev–Trinajstić information content (AvgIpc) is 3.18. The van der Waals surface area contributed by atoms with Crippen molar-refractivity contribution in [3.63, 3.8) is 0 Å². The molecule has 2 heterocycles.